The van der Waals surface area contributed by atoms with E-state index in [4.69, 9.17) is 13.6 Å². The molecule has 3 aliphatic rings. The number of carbonyl (C=O) groups excluding carboxylic acids is 1. The van der Waals surface area contributed by atoms with Crippen LogP contribution in [0.5, 0.6) is 0 Å². The van der Waals surface area contributed by atoms with E-state index >= 15 is 0 Å². The number of hydrogen-bond acceptors (Lipinski definition) is 4. The fourth-order valence-electron chi connectivity index (χ4n) is 6.00. The first-order valence-corrected chi connectivity index (χ1v) is 20.1. The molecule has 0 unspecified atom stereocenters. The summed E-state index contributed by atoms with van der Waals surface area (Å²) >= 11 is 0. The zero-order valence-electron chi connectivity index (χ0n) is 25.4. The van der Waals surface area contributed by atoms with E-state index in [1.54, 1.807) is 7.11 Å². The van der Waals surface area contributed by atoms with Crippen molar-refractivity contribution in [2.45, 2.75) is 147 Å². The molecule has 0 radical (unpaired) electrons. The summed E-state index contributed by atoms with van der Waals surface area (Å²) in [4.78, 5) is 12.8. The Morgan fingerprint density at radius 2 is 1.44 bits per heavy atom. The molecule has 0 amide bonds. The second-order valence-corrected chi connectivity index (χ2v) is 24.5. The van der Waals surface area contributed by atoms with E-state index in [9.17, 15) is 4.79 Å². The summed E-state index contributed by atoms with van der Waals surface area (Å²) < 4.78 is 20.1. The van der Waals surface area contributed by atoms with Gasteiger partial charge in [0.2, 0.25) is 0 Å². The summed E-state index contributed by atoms with van der Waals surface area (Å²) in [5, 5.41) is 0.249. The SMILES string of the molecule is CO[C@]12CC[C@@H](O[Si](C)(C)C(C)(C)C)[C@H](C#C[C@@](C)(O[Si](C)(C)C(C)(C)C)C3CCCC3)[C@H]1CC2=O. The Morgan fingerprint density at radius 1 is 0.889 bits per heavy atom. The Morgan fingerprint density at radius 3 is 1.92 bits per heavy atom. The number of hydrogen-bond donors (Lipinski definition) is 0. The first-order valence-electron chi connectivity index (χ1n) is 14.3. The van der Waals surface area contributed by atoms with Gasteiger partial charge in [-0.3, -0.25) is 4.79 Å². The highest BCUT2D eigenvalue weighted by molar-refractivity contribution is 6.74. The topological polar surface area (TPSA) is 44.8 Å². The lowest BCUT2D eigenvalue weighted by Crippen LogP contribution is -2.65. The minimum atomic E-state index is -2.03. The molecule has 3 fully saturated rings. The van der Waals surface area contributed by atoms with Crippen LogP contribution in [0.3, 0.4) is 0 Å². The Kier molecular flexibility index (Phi) is 8.31. The van der Waals surface area contributed by atoms with Crippen LogP contribution in [0, 0.1) is 29.6 Å². The molecule has 6 heteroatoms. The summed E-state index contributed by atoms with van der Waals surface area (Å²) in [6.45, 7) is 25.4. The van der Waals surface area contributed by atoms with Crippen LogP contribution in [-0.2, 0) is 18.4 Å². The summed E-state index contributed by atoms with van der Waals surface area (Å²) in [5.41, 5.74) is -1.14. The van der Waals surface area contributed by atoms with Crippen molar-refractivity contribution in [1.82, 2.24) is 0 Å². The van der Waals surface area contributed by atoms with E-state index in [1.165, 1.54) is 25.7 Å². The standard InChI is InChI=1S/C30H54O4Si2/c1-27(2,3)35(9,10)33-25-18-20-30(32-8)24(21-26(30)31)23(25)17-19-29(7,22-15-13-14-16-22)34-36(11,12)28(4,5)6/h22-25H,13-16,18,20-21H2,1-12H3/t23-,24-,25-,29-,30-/m1/s1. The van der Waals surface area contributed by atoms with Crippen molar-refractivity contribution in [2.24, 2.45) is 17.8 Å². The third kappa shape index (κ3) is 5.48. The Bertz CT molecular complexity index is 881. The number of carbonyl (C=O) groups is 1. The van der Waals surface area contributed by atoms with Gasteiger partial charge in [0.05, 0.1) is 12.0 Å². The summed E-state index contributed by atoms with van der Waals surface area (Å²) in [6.07, 6.45) is 7.03. The highest BCUT2D eigenvalue weighted by Crippen LogP contribution is 2.53. The van der Waals surface area contributed by atoms with Gasteiger partial charge in [0.25, 0.3) is 0 Å². The van der Waals surface area contributed by atoms with Crippen molar-refractivity contribution in [1.29, 1.82) is 0 Å². The highest BCUT2D eigenvalue weighted by atomic mass is 28.4. The molecule has 4 nitrogen and oxygen atoms in total. The Labute approximate surface area is 224 Å². The zero-order chi connectivity index (χ0) is 27.4. The van der Waals surface area contributed by atoms with Crippen molar-refractivity contribution in [2.75, 3.05) is 7.11 Å². The average Bonchev–Trinajstić information content (AvgIpc) is 3.26. The molecular weight excluding hydrogens is 480 g/mol. The molecule has 0 bridgehead atoms. The summed E-state index contributed by atoms with van der Waals surface area (Å²) in [5.74, 6) is 8.32. The number of ketones is 1. The molecule has 3 rings (SSSR count). The van der Waals surface area contributed by atoms with Crippen molar-refractivity contribution >= 4 is 22.4 Å². The maximum Gasteiger partial charge on any atom is 0.194 e. The van der Waals surface area contributed by atoms with Gasteiger partial charge in [-0.2, -0.15) is 0 Å². The molecule has 3 saturated carbocycles. The van der Waals surface area contributed by atoms with Gasteiger partial charge in [-0.1, -0.05) is 66.2 Å². The lowest BCUT2D eigenvalue weighted by Gasteiger charge is -2.55. The molecule has 0 aromatic rings. The first-order chi connectivity index (χ1) is 16.3. The van der Waals surface area contributed by atoms with Crippen LogP contribution in [0.1, 0.15) is 93.4 Å². The normalized spacial score (nSPS) is 31.8. The van der Waals surface area contributed by atoms with Crippen molar-refractivity contribution < 1.29 is 18.4 Å². The number of Topliss-reactive ketones (excluding diaryl/α,β-unsaturated/α-hetero) is 1. The van der Waals surface area contributed by atoms with Gasteiger partial charge in [-0.15, -0.1) is 0 Å². The maximum atomic E-state index is 12.8. The third-order valence-electron chi connectivity index (χ3n) is 10.6. The van der Waals surface area contributed by atoms with Crippen LogP contribution in [0.4, 0.5) is 0 Å². The zero-order valence-corrected chi connectivity index (χ0v) is 27.4. The molecular formula is C30H54O4Si2. The van der Waals surface area contributed by atoms with Gasteiger partial charge in [0.1, 0.15) is 11.2 Å². The Hall–Kier alpha value is -0.456. The molecule has 36 heavy (non-hydrogen) atoms. The fraction of sp³-hybridized carbons (Fsp3) is 0.900. The van der Waals surface area contributed by atoms with Gasteiger partial charge in [-0.05, 0) is 74.8 Å². The predicted molar refractivity (Wildman–Crippen MR) is 154 cm³/mol. The van der Waals surface area contributed by atoms with Crippen LogP contribution in [-0.4, -0.2) is 46.8 Å². The number of ether oxygens (including phenoxy) is 1. The van der Waals surface area contributed by atoms with Gasteiger partial charge in [-0.25, -0.2) is 0 Å². The average molecular weight is 535 g/mol. The van der Waals surface area contributed by atoms with E-state index in [-0.39, 0.29) is 33.8 Å². The molecule has 0 N–H and O–H groups in total. The van der Waals surface area contributed by atoms with Gasteiger partial charge >= 0.3 is 0 Å². The van der Waals surface area contributed by atoms with Crippen LogP contribution >= 0.6 is 0 Å². The Balaban J connectivity index is 2.01. The molecule has 0 spiro atoms. The van der Waals surface area contributed by atoms with Crippen LogP contribution in [0.2, 0.25) is 36.3 Å². The number of fused-ring (bicyclic) bond motifs is 1. The largest absolute Gasteiger partial charge is 0.413 e. The minimum Gasteiger partial charge on any atom is -0.413 e. The van der Waals surface area contributed by atoms with Gasteiger partial charge < -0.3 is 13.6 Å². The van der Waals surface area contributed by atoms with E-state index in [0.29, 0.717) is 12.3 Å². The van der Waals surface area contributed by atoms with Crippen LogP contribution in [0.15, 0.2) is 0 Å². The van der Waals surface area contributed by atoms with E-state index in [1.807, 2.05) is 0 Å². The smallest absolute Gasteiger partial charge is 0.194 e. The van der Waals surface area contributed by atoms with Crippen molar-refractivity contribution in [3.8, 4) is 11.8 Å². The van der Waals surface area contributed by atoms with E-state index in [0.717, 1.165) is 12.8 Å². The molecule has 3 aliphatic carbocycles. The fourth-order valence-corrected chi connectivity index (χ4v) is 8.95. The van der Waals surface area contributed by atoms with Crippen molar-refractivity contribution in [3.63, 3.8) is 0 Å². The lowest BCUT2D eigenvalue weighted by atomic mass is 9.55. The molecule has 0 aromatic carbocycles. The van der Waals surface area contributed by atoms with E-state index in [2.05, 4.69) is 86.5 Å². The molecule has 0 saturated heterocycles. The molecule has 5 atom stereocenters. The van der Waals surface area contributed by atoms with Crippen molar-refractivity contribution in [3.05, 3.63) is 0 Å². The summed E-state index contributed by atoms with van der Waals surface area (Å²) in [7, 11) is -2.32. The quantitative estimate of drug-likeness (QED) is 0.258. The van der Waals surface area contributed by atoms with Gasteiger partial charge in [0, 0.05) is 19.4 Å². The molecule has 206 valence electrons. The number of rotatable bonds is 6. The maximum absolute atomic E-state index is 12.8. The van der Waals surface area contributed by atoms with Crippen LogP contribution < -0.4 is 0 Å². The third-order valence-corrected chi connectivity index (χ3v) is 19.7. The highest BCUT2D eigenvalue weighted by Gasteiger charge is 2.62. The molecule has 0 heterocycles. The first kappa shape index (κ1) is 30.1. The summed E-state index contributed by atoms with van der Waals surface area (Å²) in [6, 6.07) is 0. The van der Waals surface area contributed by atoms with E-state index < -0.39 is 27.8 Å². The monoisotopic (exact) mass is 534 g/mol. The molecule has 0 aromatic heterocycles. The predicted octanol–water partition coefficient (Wildman–Crippen LogP) is 7.74. The second-order valence-electron chi connectivity index (χ2n) is 15.0. The lowest BCUT2D eigenvalue weighted by molar-refractivity contribution is -0.189. The molecule has 0 aliphatic heterocycles. The van der Waals surface area contributed by atoms with Gasteiger partial charge in [0.15, 0.2) is 22.4 Å². The van der Waals surface area contributed by atoms with Crippen LogP contribution in [0.25, 0.3) is 0 Å². The second kappa shape index (κ2) is 9.94. The number of methoxy groups -OCH3 is 1. The minimum absolute atomic E-state index is 0.00531.